The number of carboxylic acids is 1. The lowest BCUT2D eigenvalue weighted by atomic mass is 9.93. The van der Waals surface area contributed by atoms with Crippen molar-refractivity contribution in [3.05, 3.63) is 107 Å². The van der Waals surface area contributed by atoms with Crippen molar-refractivity contribution in [2.45, 2.75) is 102 Å². The molecule has 0 radical (unpaired) electrons. The highest BCUT2D eigenvalue weighted by molar-refractivity contribution is 5.99. The second-order valence-corrected chi connectivity index (χ2v) is 16.1. The van der Waals surface area contributed by atoms with Crippen LogP contribution in [0.25, 0.3) is 22.3 Å². The van der Waals surface area contributed by atoms with Crippen LogP contribution in [0.4, 0.5) is 0 Å². The van der Waals surface area contributed by atoms with E-state index >= 15 is 0 Å². The zero-order chi connectivity index (χ0) is 45.8. The predicted octanol–water partition coefficient (Wildman–Crippen LogP) is 4.73. The van der Waals surface area contributed by atoms with Crippen LogP contribution >= 0.6 is 0 Å². The Balaban J connectivity index is 1.37. The number of phenolic OH excluding ortho intramolecular Hbond substituents is 2. The highest BCUT2D eigenvalue weighted by atomic mass is 16.4. The van der Waals surface area contributed by atoms with Gasteiger partial charge < -0.3 is 47.2 Å². The van der Waals surface area contributed by atoms with Crippen LogP contribution in [-0.2, 0) is 36.8 Å². The number of fused-ring (bicyclic) bond motifs is 5. The molecule has 0 unspecified atom stereocenters. The molecule has 4 bridgehead atoms. The molecule has 4 aromatic rings. The van der Waals surface area contributed by atoms with Crippen LogP contribution in [0.2, 0.25) is 0 Å². The van der Waals surface area contributed by atoms with Crippen molar-refractivity contribution < 1.29 is 44.1 Å². The Hall–Kier alpha value is -6.74. The van der Waals surface area contributed by atoms with E-state index in [0.717, 1.165) is 35.3 Å². The Morgan fingerprint density at radius 1 is 0.810 bits per heavy atom. The summed E-state index contributed by atoms with van der Waals surface area (Å²) in [5.74, 6) is -5.34. The van der Waals surface area contributed by atoms with Gasteiger partial charge in [0.05, 0.1) is 0 Å². The first kappa shape index (κ1) is 47.3. The second kappa shape index (κ2) is 21.9. The molecule has 1 aliphatic rings. The van der Waals surface area contributed by atoms with Gasteiger partial charge in [0, 0.05) is 30.2 Å². The Kier molecular flexibility index (Phi) is 16.4. The van der Waals surface area contributed by atoms with Crippen LogP contribution in [0.1, 0.15) is 92.4 Å². The summed E-state index contributed by atoms with van der Waals surface area (Å²) in [7, 11) is 1.35. The largest absolute Gasteiger partial charge is 0.507 e. The summed E-state index contributed by atoms with van der Waals surface area (Å²) in [5.41, 5.74) is 10.1. The molecule has 0 aromatic heterocycles. The van der Waals surface area contributed by atoms with E-state index in [1.807, 2.05) is 12.1 Å². The van der Waals surface area contributed by atoms with Gasteiger partial charge in [-0.05, 0) is 117 Å². The fourth-order valence-corrected chi connectivity index (χ4v) is 7.53. The minimum absolute atomic E-state index is 0.0883. The van der Waals surface area contributed by atoms with E-state index in [1.54, 1.807) is 12.1 Å². The van der Waals surface area contributed by atoms with Gasteiger partial charge in [-0.3, -0.25) is 24.0 Å². The Morgan fingerprint density at radius 3 is 2.08 bits per heavy atom. The predicted molar refractivity (Wildman–Crippen MR) is 238 cm³/mol. The quantitative estimate of drug-likeness (QED) is 0.0721. The van der Waals surface area contributed by atoms with E-state index in [0.29, 0.717) is 30.5 Å². The number of rotatable bonds is 16. The third kappa shape index (κ3) is 12.2. The lowest BCUT2D eigenvalue weighted by molar-refractivity contribution is -0.144. The van der Waals surface area contributed by atoms with Crippen LogP contribution in [0.3, 0.4) is 0 Å². The molecule has 4 aromatic carbocycles. The van der Waals surface area contributed by atoms with E-state index in [2.05, 4.69) is 52.5 Å². The topological polar surface area (TPSA) is 240 Å². The molecule has 1 aliphatic heterocycles. The number of aliphatic carboxylic acids is 1. The Morgan fingerprint density at radius 2 is 1.44 bits per heavy atom. The lowest BCUT2D eigenvalue weighted by Gasteiger charge is -2.33. The molecule has 15 nitrogen and oxygen atoms in total. The SMILES string of the molecule is CCCCCc1ccc(-c2ccc(C(=O)N[C@H](C)C(=O)N[C@@H](CCCCN)C(=O)N(C)[C@@H]3C(=O)N[C@@H](C)C(=O)N[C@H](C(=O)O)Cc4ccc(O)c(c4)-c4cc3ccc4O)cc2)cc1. The van der Waals surface area contributed by atoms with Crippen LogP contribution < -0.4 is 27.0 Å². The molecular weight excluding hydrogens is 805 g/mol. The zero-order valence-corrected chi connectivity index (χ0v) is 36.1. The molecule has 0 fully saturated rings. The van der Waals surface area contributed by atoms with Gasteiger partial charge in [0.1, 0.15) is 41.7 Å². The number of carbonyl (C=O) groups excluding carboxylic acids is 5. The van der Waals surface area contributed by atoms with Crippen molar-refractivity contribution in [1.29, 1.82) is 0 Å². The highest BCUT2D eigenvalue weighted by Gasteiger charge is 2.36. The summed E-state index contributed by atoms with van der Waals surface area (Å²) in [5, 5.41) is 42.3. The number of aromatic hydroxyl groups is 2. The Bertz CT molecular complexity index is 2280. The minimum atomic E-state index is -1.46. The number of likely N-dealkylation sites (N-methyl/N-ethyl adjacent to an activating group) is 1. The van der Waals surface area contributed by atoms with Gasteiger partial charge >= 0.3 is 5.97 Å². The van der Waals surface area contributed by atoms with Crippen LogP contribution in [0, 0.1) is 0 Å². The van der Waals surface area contributed by atoms with E-state index in [9.17, 15) is 44.1 Å². The molecule has 9 N–H and O–H groups in total. The van der Waals surface area contributed by atoms with Crippen molar-refractivity contribution in [2.75, 3.05) is 13.6 Å². The van der Waals surface area contributed by atoms with E-state index in [1.165, 1.54) is 69.3 Å². The number of carboxylic acid groups (broad SMARTS) is 1. The summed E-state index contributed by atoms with van der Waals surface area (Å²) in [6.07, 6.45) is 5.42. The van der Waals surface area contributed by atoms with Gasteiger partial charge in [0.2, 0.25) is 23.6 Å². The third-order valence-electron chi connectivity index (χ3n) is 11.3. The molecule has 1 heterocycles. The average molecular weight is 863 g/mol. The number of nitrogens with two attached hydrogens (primary N) is 1. The maximum Gasteiger partial charge on any atom is 0.326 e. The van der Waals surface area contributed by atoms with E-state index in [-0.39, 0.29) is 41.0 Å². The number of benzene rings is 4. The summed E-state index contributed by atoms with van der Waals surface area (Å²) >= 11 is 0. The number of unbranched alkanes of at least 4 members (excludes halogenated alkanes) is 3. The van der Waals surface area contributed by atoms with Gasteiger partial charge in [-0.1, -0.05) is 68.3 Å². The maximum atomic E-state index is 14.5. The van der Waals surface area contributed by atoms with Crippen molar-refractivity contribution in [2.24, 2.45) is 5.73 Å². The number of nitrogens with one attached hydrogen (secondary N) is 4. The average Bonchev–Trinajstić information content (AvgIpc) is 3.26. The monoisotopic (exact) mass is 862 g/mol. The van der Waals surface area contributed by atoms with Crippen LogP contribution in [0.5, 0.6) is 11.5 Å². The molecule has 15 heteroatoms. The number of nitrogens with zero attached hydrogens (tertiary/aromatic N) is 1. The van der Waals surface area contributed by atoms with Gasteiger partial charge in [0.15, 0.2) is 0 Å². The van der Waals surface area contributed by atoms with Crippen LogP contribution in [0.15, 0.2) is 84.9 Å². The number of amides is 5. The van der Waals surface area contributed by atoms with Gasteiger partial charge in [-0.2, -0.15) is 0 Å². The molecule has 334 valence electrons. The number of carbonyl (C=O) groups is 6. The zero-order valence-electron chi connectivity index (χ0n) is 36.1. The van der Waals surface area contributed by atoms with E-state index < -0.39 is 65.7 Å². The number of hydrogen-bond donors (Lipinski definition) is 8. The molecule has 0 saturated carbocycles. The summed E-state index contributed by atoms with van der Waals surface area (Å²) < 4.78 is 0. The maximum absolute atomic E-state index is 14.5. The van der Waals surface area contributed by atoms with Crippen molar-refractivity contribution >= 4 is 35.5 Å². The first-order chi connectivity index (χ1) is 30.1. The summed E-state index contributed by atoms with van der Waals surface area (Å²) in [6.45, 7) is 5.35. The Labute approximate surface area is 367 Å². The molecule has 0 saturated heterocycles. The second-order valence-electron chi connectivity index (χ2n) is 16.1. The van der Waals surface area contributed by atoms with Crippen LogP contribution in [-0.4, -0.2) is 93.5 Å². The first-order valence-corrected chi connectivity index (χ1v) is 21.4. The minimum Gasteiger partial charge on any atom is -0.507 e. The number of aryl methyl sites for hydroxylation is 1. The normalized spacial score (nSPS) is 17.3. The van der Waals surface area contributed by atoms with E-state index in [4.69, 9.17) is 5.73 Å². The van der Waals surface area contributed by atoms with Gasteiger partial charge in [-0.25, -0.2) is 4.79 Å². The summed E-state index contributed by atoms with van der Waals surface area (Å²) in [4.78, 5) is 82.2. The smallest absolute Gasteiger partial charge is 0.326 e. The van der Waals surface area contributed by atoms with Gasteiger partial charge in [-0.15, -0.1) is 0 Å². The molecule has 5 amide bonds. The lowest BCUT2D eigenvalue weighted by Crippen LogP contribution is -2.56. The number of phenols is 2. The fraction of sp³-hybridized carbons (Fsp3) is 0.375. The molecule has 0 aliphatic carbocycles. The molecule has 5 atom stereocenters. The standard InChI is InChI=1S/C48H58N6O9/c1-5-6-7-10-30-12-15-32(16-13-30)33-17-19-34(20-18-33)45(59)50-28(2)43(57)52-38(11-8-9-24-49)47(61)54(4)42-35-21-23-41(56)37(27-35)36-25-31(14-22-40(36)55)26-39(48(62)63)53-44(58)29(3)51-46(42)60/h12-23,25,27-29,38-39,42,55-56H,5-11,24,26,49H2,1-4H3,(H,50,59)(H,51,60)(H,52,57)(H,53,58)(H,62,63)/t28-,29+,38+,39+,42+/m1/s1. The van der Waals surface area contributed by atoms with Gasteiger partial charge in [0.25, 0.3) is 5.91 Å². The fourth-order valence-electron chi connectivity index (χ4n) is 7.53. The van der Waals surface area contributed by atoms with Crippen molar-refractivity contribution in [1.82, 2.24) is 26.2 Å². The molecule has 63 heavy (non-hydrogen) atoms. The number of hydrogen-bond acceptors (Lipinski definition) is 9. The molecule has 0 spiro atoms. The molecule has 5 rings (SSSR count). The first-order valence-electron chi connectivity index (χ1n) is 21.4. The molecular formula is C48H58N6O9. The van der Waals surface area contributed by atoms with Crippen molar-refractivity contribution in [3.8, 4) is 33.8 Å². The third-order valence-corrected chi connectivity index (χ3v) is 11.3. The highest BCUT2D eigenvalue weighted by Crippen LogP contribution is 2.39. The summed E-state index contributed by atoms with van der Waals surface area (Å²) in [6, 6.07) is 17.4. The van der Waals surface area contributed by atoms with Crippen molar-refractivity contribution in [3.63, 3.8) is 0 Å².